The van der Waals surface area contributed by atoms with E-state index >= 15 is 0 Å². The van der Waals surface area contributed by atoms with Crippen LogP contribution in [0.1, 0.15) is 22.3 Å². The number of hydrazine groups is 1. The Balaban J connectivity index is 2.13. The quantitative estimate of drug-likeness (QED) is 0.659. The molecule has 0 fully saturated rings. The lowest BCUT2D eigenvalue weighted by Crippen LogP contribution is -2.30. The number of hydrogen-bond donors (Lipinski definition) is 2. The van der Waals surface area contributed by atoms with E-state index < -0.39 is 0 Å². The summed E-state index contributed by atoms with van der Waals surface area (Å²) in [5, 5.41) is 0. The maximum atomic E-state index is 5.89. The first kappa shape index (κ1) is 12.4. The van der Waals surface area contributed by atoms with Crippen LogP contribution in [0.3, 0.4) is 0 Å². The molecule has 2 heterocycles. The van der Waals surface area contributed by atoms with Crippen molar-refractivity contribution >= 4 is 22.9 Å². The van der Waals surface area contributed by atoms with E-state index in [0.717, 1.165) is 22.1 Å². The van der Waals surface area contributed by atoms with Crippen molar-refractivity contribution in [3.63, 3.8) is 0 Å². The van der Waals surface area contributed by atoms with E-state index in [-0.39, 0.29) is 6.04 Å². The van der Waals surface area contributed by atoms with Gasteiger partial charge in [-0.15, -0.1) is 11.3 Å². The van der Waals surface area contributed by atoms with Crippen LogP contribution in [-0.2, 0) is 6.42 Å². The summed E-state index contributed by atoms with van der Waals surface area (Å²) in [7, 11) is 0. The molecule has 2 aromatic rings. The summed E-state index contributed by atoms with van der Waals surface area (Å²) >= 11 is 7.44. The topological polar surface area (TPSA) is 63.8 Å². The lowest BCUT2D eigenvalue weighted by atomic mass is 10.1. The summed E-state index contributed by atoms with van der Waals surface area (Å²) in [4.78, 5) is 9.70. The lowest BCUT2D eigenvalue weighted by Gasteiger charge is -2.13. The smallest absolute Gasteiger partial charge is 0.0931 e. The fraction of sp³-hybridized carbons (Fsp3) is 0.273. The van der Waals surface area contributed by atoms with Gasteiger partial charge in [-0.2, -0.15) is 0 Å². The van der Waals surface area contributed by atoms with Crippen molar-refractivity contribution < 1.29 is 0 Å². The highest BCUT2D eigenvalue weighted by Crippen LogP contribution is 2.25. The maximum Gasteiger partial charge on any atom is 0.0931 e. The molecule has 90 valence electrons. The summed E-state index contributed by atoms with van der Waals surface area (Å²) in [5.74, 6) is 5.55. The normalized spacial score (nSPS) is 12.6. The Morgan fingerprint density at radius 2 is 2.24 bits per heavy atom. The Kier molecular flexibility index (Phi) is 4.06. The van der Waals surface area contributed by atoms with E-state index in [1.54, 1.807) is 23.7 Å². The number of rotatable bonds is 4. The Morgan fingerprint density at radius 3 is 2.76 bits per heavy atom. The summed E-state index contributed by atoms with van der Waals surface area (Å²) in [5.41, 5.74) is 4.48. The number of nitrogens with zero attached hydrogens (tertiary/aromatic N) is 2. The molecule has 0 aliphatic rings. The van der Waals surface area contributed by atoms with Crippen molar-refractivity contribution in [2.45, 2.75) is 19.4 Å². The number of halogens is 1. The Labute approximate surface area is 109 Å². The third-order valence-corrected chi connectivity index (χ3v) is 3.65. The summed E-state index contributed by atoms with van der Waals surface area (Å²) in [6.07, 6.45) is 4.24. The van der Waals surface area contributed by atoms with Gasteiger partial charge in [0.2, 0.25) is 0 Å². The van der Waals surface area contributed by atoms with Crippen LogP contribution in [-0.4, -0.2) is 9.97 Å². The van der Waals surface area contributed by atoms with Crippen molar-refractivity contribution in [2.75, 3.05) is 0 Å². The van der Waals surface area contributed by atoms with Crippen molar-refractivity contribution in [3.8, 4) is 0 Å². The van der Waals surface area contributed by atoms with Crippen LogP contribution in [0.5, 0.6) is 0 Å². The maximum absolute atomic E-state index is 5.89. The van der Waals surface area contributed by atoms with Gasteiger partial charge in [0.1, 0.15) is 0 Å². The van der Waals surface area contributed by atoms with Gasteiger partial charge in [0.05, 0.1) is 28.0 Å². The van der Waals surface area contributed by atoms with Gasteiger partial charge in [-0.1, -0.05) is 11.6 Å². The number of aromatic nitrogens is 2. The molecule has 0 amide bonds. The molecule has 2 rings (SSSR count). The number of nitrogens with one attached hydrogen (secondary N) is 1. The molecule has 0 bridgehead atoms. The van der Waals surface area contributed by atoms with Gasteiger partial charge in [0, 0.05) is 17.5 Å². The average Bonchev–Trinajstić information content (AvgIpc) is 2.73. The molecular weight excluding hydrogens is 256 g/mol. The van der Waals surface area contributed by atoms with Crippen molar-refractivity contribution in [3.05, 3.63) is 45.1 Å². The SMILES string of the molecule is Cc1cnc(C(Cc2ccc(Cl)s2)NN)cn1. The minimum atomic E-state index is -0.0437. The molecule has 0 saturated carbocycles. The molecule has 0 aliphatic carbocycles. The first-order valence-electron chi connectivity index (χ1n) is 5.18. The second-order valence-electron chi connectivity index (χ2n) is 3.71. The van der Waals surface area contributed by atoms with E-state index in [9.17, 15) is 0 Å². The molecule has 4 nitrogen and oxygen atoms in total. The second-order valence-corrected chi connectivity index (χ2v) is 5.51. The Hall–Kier alpha value is -1.01. The van der Waals surface area contributed by atoms with E-state index in [1.165, 1.54) is 4.88 Å². The third-order valence-electron chi connectivity index (χ3n) is 2.39. The van der Waals surface area contributed by atoms with Crippen molar-refractivity contribution in [1.82, 2.24) is 15.4 Å². The Morgan fingerprint density at radius 1 is 1.41 bits per heavy atom. The Bertz CT molecular complexity index is 482. The largest absolute Gasteiger partial charge is 0.271 e. The zero-order chi connectivity index (χ0) is 12.3. The number of aryl methyl sites for hydroxylation is 1. The van der Waals surface area contributed by atoms with Gasteiger partial charge in [-0.3, -0.25) is 21.2 Å². The molecule has 0 radical (unpaired) electrons. The fourth-order valence-corrected chi connectivity index (χ4v) is 2.63. The number of hydrogen-bond acceptors (Lipinski definition) is 5. The van der Waals surface area contributed by atoms with Crippen molar-refractivity contribution in [2.24, 2.45) is 5.84 Å². The highest BCUT2D eigenvalue weighted by Gasteiger charge is 2.13. The van der Waals surface area contributed by atoms with E-state index in [1.807, 2.05) is 19.1 Å². The fourth-order valence-electron chi connectivity index (χ4n) is 1.49. The summed E-state index contributed by atoms with van der Waals surface area (Å²) in [6.45, 7) is 1.90. The minimum Gasteiger partial charge on any atom is -0.271 e. The van der Waals surface area contributed by atoms with Crippen LogP contribution < -0.4 is 11.3 Å². The number of thiophene rings is 1. The molecule has 1 atom stereocenters. The molecule has 17 heavy (non-hydrogen) atoms. The van der Waals surface area contributed by atoms with Crippen LogP contribution in [0.4, 0.5) is 0 Å². The standard InChI is InChI=1S/C11H13ClN4S/c1-7-5-15-10(6-14-7)9(16-13)4-8-2-3-11(12)17-8/h2-3,5-6,9,16H,4,13H2,1H3. The van der Waals surface area contributed by atoms with E-state index in [2.05, 4.69) is 15.4 Å². The van der Waals surface area contributed by atoms with Gasteiger partial charge < -0.3 is 0 Å². The highest BCUT2D eigenvalue weighted by molar-refractivity contribution is 7.16. The van der Waals surface area contributed by atoms with Crippen LogP contribution in [0.25, 0.3) is 0 Å². The molecule has 1 unspecified atom stereocenters. The van der Waals surface area contributed by atoms with Crippen LogP contribution >= 0.6 is 22.9 Å². The zero-order valence-electron chi connectivity index (χ0n) is 9.35. The van der Waals surface area contributed by atoms with Crippen LogP contribution in [0, 0.1) is 6.92 Å². The van der Waals surface area contributed by atoms with Crippen LogP contribution in [0.2, 0.25) is 4.34 Å². The first-order valence-corrected chi connectivity index (χ1v) is 6.37. The summed E-state index contributed by atoms with van der Waals surface area (Å²) < 4.78 is 0.783. The molecule has 2 aromatic heterocycles. The predicted octanol–water partition coefficient (Wildman–Crippen LogP) is 2.25. The highest BCUT2D eigenvalue weighted by atomic mass is 35.5. The van der Waals surface area contributed by atoms with Crippen molar-refractivity contribution in [1.29, 1.82) is 0 Å². The predicted molar refractivity (Wildman–Crippen MR) is 69.9 cm³/mol. The lowest BCUT2D eigenvalue weighted by molar-refractivity contribution is 0.539. The molecule has 0 saturated heterocycles. The molecule has 0 spiro atoms. The van der Waals surface area contributed by atoms with Gasteiger partial charge >= 0.3 is 0 Å². The van der Waals surface area contributed by atoms with Gasteiger partial charge in [-0.25, -0.2) is 0 Å². The zero-order valence-corrected chi connectivity index (χ0v) is 10.9. The number of nitrogens with two attached hydrogens (primary N) is 1. The van der Waals surface area contributed by atoms with Gasteiger partial charge in [0.25, 0.3) is 0 Å². The molecule has 3 N–H and O–H groups in total. The van der Waals surface area contributed by atoms with Gasteiger partial charge in [-0.05, 0) is 19.1 Å². The summed E-state index contributed by atoms with van der Waals surface area (Å²) in [6, 6.07) is 3.84. The second kappa shape index (κ2) is 5.55. The van der Waals surface area contributed by atoms with E-state index in [0.29, 0.717) is 0 Å². The van der Waals surface area contributed by atoms with Gasteiger partial charge in [0.15, 0.2) is 0 Å². The van der Waals surface area contributed by atoms with E-state index in [4.69, 9.17) is 17.4 Å². The minimum absolute atomic E-state index is 0.0437. The molecule has 6 heteroatoms. The average molecular weight is 269 g/mol. The molecular formula is C11H13ClN4S. The molecule has 0 aliphatic heterocycles. The first-order chi connectivity index (χ1) is 8.19. The van der Waals surface area contributed by atoms with Crippen LogP contribution in [0.15, 0.2) is 24.5 Å². The monoisotopic (exact) mass is 268 g/mol. The third kappa shape index (κ3) is 3.23. The molecule has 0 aromatic carbocycles.